The number of hydrogen-bond acceptors (Lipinski definition) is 4. The molecule has 0 aromatic heterocycles. The van der Waals surface area contributed by atoms with Gasteiger partial charge in [0.1, 0.15) is 17.3 Å². The van der Waals surface area contributed by atoms with Gasteiger partial charge in [-0.2, -0.15) is 8.42 Å². The maximum absolute atomic E-state index is 13.5. The minimum Gasteiger partial charge on any atom is -0.701 e. The number of nitrogens with zero attached hydrogens (tertiary/aromatic N) is 1. The van der Waals surface area contributed by atoms with Gasteiger partial charge in [-0.25, -0.2) is 12.7 Å². The number of quaternary nitrogens is 1. The molecule has 0 unspecified atom stereocenters. The predicted octanol–water partition coefficient (Wildman–Crippen LogP) is 2.24. The highest BCUT2D eigenvalue weighted by molar-refractivity contribution is 7.85. The van der Waals surface area contributed by atoms with E-state index in [-0.39, 0.29) is 16.9 Å². The van der Waals surface area contributed by atoms with Gasteiger partial charge in [0, 0.05) is 23.8 Å². The van der Waals surface area contributed by atoms with E-state index in [0.29, 0.717) is 6.07 Å². The van der Waals surface area contributed by atoms with E-state index in [1.165, 1.54) is 38.4 Å². The molecule has 0 fully saturated rings. The van der Waals surface area contributed by atoms with Crippen LogP contribution in [0.4, 0.5) is 20.2 Å². The topological polar surface area (TPSA) is 86.3 Å². The van der Waals surface area contributed by atoms with Gasteiger partial charge in [0.2, 0.25) is 0 Å². The van der Waals surface area contributed by atoms with Crippen molar-refractivity contribution in [3.05, 3.63) is 59.7 Å². The fourth-order valence-electron chi connectivity index (χ4n) is 1.89. The first-order valence-corrected chi connectivity index (χ1v) is 8.06. The first-order valence-electron chi connectivity index (χ1n) is 6.69. The van der Waals surface area contributed by atoms with E-state index in [4.69, 9.17) is 0 Å². The molecule has 0 aliphatic rings. The van der Waals surface area contributed by atoms with Crippen LogP contribution in [0.3, 0.4) is 0 Å². The standard InChI is InChI=1S/C15H14F2N2O4S/c1-19(2,24(21,22)23)12-6-3-10(4-7-12)15(20)18-14-8-5-11(16)9-13(14)17/h3-9H,1-2H3,(H-,18,20,21,22,23). The van der Waals surface area contributed by atoms with Crippen molar-refractivity contribution < 1.29 is 26.5 Å². The van der Waals surface area contributed by atoms with Crippen LogP contribution in [0.2, 0.25) is 0 Å². The van der Waals surface area contributed by atoms with Crippen LogP contribution in [0.5, 0.6) is 0 Å². The largest absolute Gasteiger partial charge is 0.701 e. The van der Waals surface area contributed by atoms with E-state index in [1.54, 1.807) is 0 Å². The second-order valence-electron chi connectivity index (χ2n) is 5.40. The molecular weight excluding hydrogens is 342 g/mol. The molecule has 9 heteroatoms. The molecule has 128 valence electrons. The summed E-state index contributed by atoms with van der Waals surface area (Å²) in [6.07, 6.45) is 0. The predicted molar refractivity (Wildman–Crippen MR) is 84.1 cm³/mol. The molecule has 2 aromatic rings. The molecule has 1 N–H and O–H groups in total. The lowest BCUT2D eigenvalue weighted by Gasteiger charge is -2.30. The SMILES string of the molecule is C[N+](C)(c1ccc(C(=O)Nc2ccc(F)cc2F)cc1)S(=O)(=O)[O-]. The summed E-state index contributed by atoms with van der Waals surface area (Å²) in [5.74, 6) is -2.36. The Morgan fingerprint density at radius 3 is 2.17 bits per heavy atom. The second-order valence-corrected chi connectivity index (χ2v) is 7.17. The maximum Gasteiger partial charge on any atom is 0.258 e. The summed E-state index contributed by atoms with van der Waals surface area (Å²) in [5.41, 5.74) is 0.0870. The smallest absolute Gasteiger partial charge is 0.258 e. The minimum absolute atomic E-state index is 0.116. The lowest BCUT2D eigenvalue weighted by Crippen LogP contribution is -2.46. The quantitative estimate of drug-likeness (QED) is 0.672. The van der Waals surface area contributed by atoms with Crippen molar-refractivity contribution >= 4 is 27.6 Å². The number of benzene rings is 2. The van der Waals surface area contributed by atoms with Crippen molar-refractivity contribution in [2.45, 2.75) is 0 Å². The Morgan fingerprint density at radius 2 is 1.67 bits per heavy atom. The van der Waals surface area contributed by atoms with E-state index < -0.39 is 31.7 Å². The fourth-order valence-corrected chi connectivity index (χ4v) is 2.27. The number of carbonyl (C=O) groups is 1. The number of carbonyl (C=O) groups excluding carboxylic acids is 1. The lowest BCUT2D eigenvalue weighted by molar-refractivity contribution is 0.102. The Balaban J connectivity index is 2.23. The molecule has 0 heterocycles. The van der Waals surface area contributed by atoms with Crippen molar-refractivity contribution in [1.82, 2.24) is 3.89 Å². The molecule has 6 nitrogen and oxygen atoms in total. The molecule has 24 heavy (non-hydrogen) atoms. The molecule has 0 radical (unpaired) electrons. The van der Waals surface area contributed by atoms with Crippen LogP contribution in [-0.4, -0.2) is 33.0 Å². The molecule has 0 spiro atoms. The molecule has 0 aliphatic heterocycles. The zero-order valence-corrected chi connectivity index (χ0v) is 13.6. The van der Waals surface area contributed by atoms with E-state index in [9.17, 15) is 26.5 Å². The molecule has 0 saturated heterocycles. The molecule has 0 aliphatic carbocycles. The monoisotopic (exact) mass is 356 g/mol. The summed E-state index contributed by atoms with van der Waals surface area (Å²) >= 11 is 0. The van der Waals surface area contributed by atoms with Crippen LogP contribution in [0.1, 0.15) is 10.4 Å². The Bertz CT molecular complexity index is 881. The van der Waals surface area contributed by atoms with Crippen LogP contribution in [0.25, 0.3) is 0 Å². The van der Waals surface area contributed by atoms with Crippen molar-refractivity contribution in [2.75, 3.05) is 19.4 Å². The van der Waals surface area contributed by atoms with Crippen molar-refractivity contribution in [3.8, 4) is 0 Å². The Hall–Kier alpha value is -2.36. The van der Waals surface area contributed by atoms with Crippen molar-refractivity contribution in [3.63, 3.8) is 0 Å². The first kappa shape index (κ1) is 18.0. The zero-order chi connectivity index (χ0) is 18.1. The van der Waals surface area contributed by atoms with Gasteiger partial charge in [0.25, 0.3) is 16.2 Å². The Kier molecular flexibility index (Phi) is 4.70. The van der Waals surface area contributed by atoms with Gasteiger partial charge in [-0.3, -0.25) is 4.79 Å². The van der Waals surface area contributed by atoms with Crippen LogP contribution >= 0.6 is 0 Å². The lowest BCUT2D eigenvalue weighted by atomic mass is 10.2. The molecule has 0 saturated carbocycles. The third kappa shape index (κ3) is 3.58. The van der Waals surface area contributed by atoms with E-state index in [2.05, 4.69) is 5.32 Å². The highest BCUT2D eigenvalue weighted by Crippen LogP contribution is 2.23. The summed E-state index contributed by atoms with van der Waals surface area (Å²) in [6, 6.07) is 7.95. The number of amides is 1. The number of halogens is 2. The zero-order valence-electron chi connectivity index (χ0n) is 12.8. The van der Waals surface area contributed by atoms with Gasteiger partial charge in [-0.15, -0.1) is 0 Å². The van der Waals surface area contributed by atoms with Crippen molar-refractivity contribution in [1.29, 1.82) is 0 Å². The van der Waals surface area contributed by atoms with E-state index in [0.717, 1.165) is 12.1 Å². The van der Waals surface area contributed by atoms with Gasteiger partial charge in [-0.1, -0.05) is 0 Å². The summed E-state index contributed by atoms with van der Waals surface area (Å²) in [4.78, 5) is 12.1. The number of nitrogens with one attached hydrogen (secondary N) is 1. The van der Waals surface area contributed by atoms with Crippen LogP contribution in [0, 0.1) is 11.6 Å². The third-order valence-corrected chi connectivity index (χ3v) is 4.82. The average Bonchev–Trinajstić information content (AvgIpc) is 2.49. The Morgan fingerprint density at radius 1 is 1.08 bits per heavy atom. The van der Waals surface area contributed by atoms with E-state index >= 15 is 0 Å². The molecule has 2 rings (SSSR count). The number of rotatable bonds is 4. The average molecular weight is 356 g/mol. The van der Waals surface area contributed by atoms with Gasteiger partial charge < -0.3 is 9.87 Å². The van der Waals surface area contributed by atoms with Gasteiger partial charge >= 0.3 is 0 Å². The minimum atomic E-state index is -4.64. The van der Waals surface area contributed by atoms with E-state index in [1.807, 2.05) is 0 Å². The Labute approximate surface area is 137 Å². The molecule has 2 aromatic carbocycles. The molecular formula is C15H14F2N2O4S. The summed E-state index contributed by atoms with van der Waals surface area (Å²) < 4.78 is 59.2. The summed E-state index contributed by atoms with van der Waals surface area (Å²) in [7, 11) is -2.25. The highest BCUT2D eigenvalue weighted by Gasteiger charge is 2.27. The fraction of sp³-hybridized carbons (Fsp3) is 0.133. The van der Waals surface area contributed by atoms with Gasteiger partial charge in [-0.05, 0) is 24.3 Å². The maximum atomic E-state index is 13.5. The highest BCUT2D eigenvalue weighted by atomic mass is 32.2. The third-order valence-electron chi connectivity index (χ3n) is 3.49. The summed E-state index contributed by atoms with van der Waals surface area (Å²) in [6.45, 7) is 0. The first-order chi connectivity index (χ1) is 11.0. The van der Waals surface area contributed by atoms with Crippen LogP contribution < -0.4 is 9.21 Å². The number of anilines is 1. The van der Waals surface area contributed by atoms with Gasteiger partial charge in [0.15, 0.2) is 0 Å². The summed E-state index contributed by atoms with van der Waals surface area (Å²) in [5, 5.41) is 2.28. The van der Waals surface area contributed by atoms with Gasteiger partial charge in [0.05, 0.1) is 19.8 Å². The second kappa shape index (κ2) is 6.27. The van der Waals surface area contributed by atoms with Crippen LogP contribution in [0.15, 0.2) is 42.5 Å². The normalized spacial score (nSPS) is 12.0. The molecule has 0 bridgehead atoms. The number of hydrogen-bond donors (Lipinski definition) is 1. The van der Waals surface area contributed by atoms with Crippen LogP contribution in [-0.2, 0) is 10.3 Å². The van der Waals surface area contributed by atoms with Crippen molar-refractivity contribution in [2.24, 2.45) is 0 Å². The molecule has 1 amide bonds. The molecule has 0 atom stereocenters.